The first-order chi connectivity index (χ1) is 9.32. The summed E-state index contributed by atoms with van der Waals surface area (Å²) in [7, 11) is -1.75. The van der Waals surface area contributed by atoms with Crippen molar-refractivity contribution in [2.45, 2.75) is 25.2 Å². The van der Waals surface area contributed by atoms with E-state index in [4.69, 9.17) is 15.2 Å². The third kappa shape index (κ3) is 3.23. The molecule has 2 rings (SSSR count). The van der Waals surface area contributed by atoms with Crippen molar-refractivity contribution < 1.29 is 23.0 Å². The van der Waals surface area contributed by atoms with Gasteiger partial charge in [0.25, 0.3) is 0 Å². The predicted octanol–water partition coefficient (Wildman–Crippen LogP) is 0.252. The van der Waals surface area contributed by atoms with E-state index < -0.39 is 22.0 Å². The van der Waals surface area contributed by atoms with Crippen LogP contribution >= 0.6 is 0 Å². The topological polar surface area (TPSA) is 98.9 Å². The summed E-state index contributed by atoms with van der Waals surface area (Å²) in [6.07, 6.45) is -1.78. The van der Waals surface area contributed by atoms with Crippen LogP contribution in [0.1, 0.15) is 18.5 Å². The lowest BCUT2D eigenvalue weighted by molar-refractivity contribution is 0.0718. The summed E-state index contributed by atoms with van der Waals surface area (Å²) >= 11 is 0. The van der Waals surface area contributed by atoms with Gasteiger partial charge in [0.05, 0.1) is 18.6 Å². The van der Waals surface area contributed by atoms with Crippen LogP contribution in [-0.2, 0) is 9.84 Å². The van der Waals surface area contributed by atoms with E-state index in [1.54, 1.807) is 18.2 Å². The second-order valence-electron chi connectivity index (χ2n) is 5.00. The average molecular weight is 301 g/mol. The highest BCUT2D eigenvalue weighted by atomic mass is 32.2. The molecule has 2 unspecified atom stereocenters. The van der Waals surface area contributed by atoms with Gasteiger partial charge < -0.3 is 20.3 Å². The maximum Gasteiger partial charge on any atom is 0.161 e. The fraction of sp³-hybridized carbons (Fsp3) is 0.538. The van der Waals surface area contributed by atoms with Gasteiger partial charge in [0.1, 0.15) is 12.2 Å². The number of methoxy groups -OCH3 is 1. The minimum absolute atomic E-state index is 0.143. The van der Waals surface area contributed by atoms with E-state index in [1.807, 2.05) is 6.92 Å². The Morgan fingerprint density at radius 3 is 2.55 bits per heavy atom. The first kappa shape index (κ1) is 15.1. The second kappa shape index (κ2) is 5.59. The zero-order valence-corrected chi connectivity index (χ0v) is 12.3. The molecule has 3 N–H and O–H groups in total. The molecule has 0 aromatic heterocycles. The monoisotopic (exact) mass is 301 g/mol. The lowest BCUT2D eigenvalue weighted by Crippen LogP contribution is -2.29. The van der Waals surface area contributed by atoms with Crippen LogP contribution in [0.5, 0.6) is 11.5 Å². The molecule has 0 aliphatic carbocycles. The molecule has 0 saturated carbocycles. The molecule has 0 amide bonds. The van der Waals surface area contributed by atoms with Gasteiger partial charge in [0.15, 0.2) is 21.3 Å². The Balaban J connectivity index is 2.21. The van der Waals surface area contributed by atoms with E-state index in [-0.39, 0.29) is 17.5 Å². The molecule has 1 aliphatic rings. The third-order valence-corrected chi connectivity index (χ3v) is 4.95. The van der Waals surface area contributed by atoms with Crippen molar-refractivity contribution in [3.05, 3.63) is 23.8 Å². The SMILES string of the molecule is COc1cc([C@H](C)N)ccc1OC1CS(=O)(=O)CC1O. The lowest BCUT2D eigenvalue weighted by Gasteiger charge is -2.19. The van der Waals surface area contributed by atoms with E-state index in [0.29, 0.717) is 11.5 Å². The number of aliphatic hydroxyl groups excluding tert-OH is 1. The maximum atomic E-state index is 11.5. The molecule has 112 valence electrons. The number of hydrogen-bond donors (Lipinski definition) is 2. The van der Waals surface area contributed by atoms with E-state index in [2.05, 4.69) is 0 Å². The maximum absolute atomic E-state index is 11.5. The molecule has 1 saturated heterocycles. The largest absolute Gasteiger partial charge is 0.493 e. The van der Waals surface area contributed by atoms with Crippen molar-refractivity contribution in [3.8, 4) is 11.5 Å². The standard InChI is InChI=1S/C13H19NO5S/c1-8(14)9-3-4-11(12(5-9)18-2)19-13-7-20(16,17)6-10(13)15/h3-5,8,10,13,15H,6-7,14H2,1-2H3/t8-,10?,13?/m0/s1. The minimum atomic E-state index is -3.24. The molecule has 1 heterocycles. The number of hydrogen-bond acceptors (Lipinski definition) is 6. The van der Waals surface area contributed by atoms with Gasteiger partial charge in [-0.2, -0.15) is 0 Å². The van der Waals surface area contributed by atoms with E-state index in [9.17, 15) is 13.5 Å². The highest BCUT2D eigenvalue weighted by Gasteiger charge is 2.38. The van der Waals surface area contributed by atoms with Crippen LogP contribution in [0.4, 0.5) is 0 Å². The summed E-state index contributed by atoms with van der Waals surface area (Å²) in [5, 5.41) is 9.73. The van der Waals surface area contributed by atoms with Gasteiger partial charge in [-0.25, -0.2) is 8.42 Å². The Hall–Kier alpha value is -1.31. The lowest BCUT2D eigenvalue weighted by atomic mass is 10.1. The summed E-state index contributed by atoms with van der Waals surface area (Å²) in [4.78, 5) is 0. The molecule has 1 aromatic rings. The van der Waals surface area contributed by atoms with Crippen LogP contribution in [0.25, 0.3) is 0 Å². The predicted molar refractivity (Wildman–Crippen MR) is 74.7 cm³/mol. The van der Waals surface area contributed by atoms with Crippen LogP contribution < -0.4 is 15.2 Å². The van der Waals surface area contributed by atoms with Gasteiger partial charge in [-0.3, -0.25) is 0 Å². The Labute approximate surface area is 118 Å². The van der Waals surface area contributed by atoms with Crippen LogP contribution in [0, 0.1) is 0 Å². The zero-order chi connectivity index (χ0) is 14.9. The number of sulfone groups is 1. The molecule has 0 bridgehead atoms. The summed E-state index contributed by atoms with van der Waals surface area (Å²) in [6.45, 7) is 1.85. The molecular formula is C13H19NO5S. The van der Waals surface area contributed by atoms with E-state index in [0.717, 1.165) is 5.56 Å². The molecule has 1 aromatic carbocycles. The van der Waals surface area contributed by atoms with Crippen LogP contribution in [0.2, 0.25) is 0 Å². The van der Waals surface area contributed by atoms with Gasteiger partial charge in [0.2, 0.25) is 0 Å². The third-order valence-electron chi connectivity index (χ3n) is 3.26. The molecule has 7 heteroatoms. The molecule has 1 fully saturated rings. The van der Waals surface area contributed by atoms with Crippen LogP contribution in [0.15, 0.2) is 18.2 Å². The molecule has 0 radical (unpaired) electrons. The first-order valence-corrected chi connectivity index (χ1v) is 8.13. The first-order valence-electron chi connectivity index (χ1n) is 6.31. The van der Waals surface area contributed by atoms with Gasteiger partial charge in [-0.1, -0.05) is 6.07 Å². The van der Waals surface area contributed by atoms with Crippen LogP contribution in [0.3, 0.4) is 0 Å². The quantitative estimate of drug-likeness (QED) is 0.827. The van der Waals surface area contributed by atoms with Crippen molar-refractivity contribution in [1.82, 2.24) is 0 Å². The van der Waals surface area contributed by atoms with E-state index >= 15 is 0 Å². The summed E-state index contributed by atoms with van der Waals surface area (Å²) in [6, 6.07) is 5.07. The van der Waals surface area contributed by atoms with Crippen molar-refractivity contribution in [3.63, 3.8) is 0 Å². The average Bonchev–Trinajstić information content (AvgIpc) is 2.62. The van der Waals surface area contributed by atoms with Gasteiger partial charge in [0, 0.05) is 6.04 Å². The van der Waals surface area contributed by atoms with Crippen molar-refractivity contribution in [1.29, 1.82) is 0 Å². The number of nitrogens with two attached hydrogens (primary N) is 1. The number of ether oxygens (including phenoxy) is 2. The Kier molecular flexibility index (Phi) is 4.22. The second-order valence-corrected chi connectivity index (χ2v) is 7.15. The fourth-order valence-corrected chi connectivity index (χ4v) is 3.80. The number of benzene rings is 1. The minimum Gasteiger partial charge on any atom is -0.493 e. The smallest absolute Gasteiger partial charge is 0.161 e. The highest BCUT2D eigenvalue weighted by Crippen LogP contribution is 2.32. The van der Waals surface area contributed by atoms with Gasteiger partial charge in [-0.05, 0) is 24.6 Å². The molecule has 0 spiro atoms. The van der Waals surface area contributed by atoms with Gasteiger partial charge in [-0.15, -0.1) is 0 Å². The van der Waals surface area contributed by atoms with Crippen molar-refractivity contribution in [2.75, 3.05) is 18.6 Å². The Morgan fingerprint density at radius 1 is 1.35 bits per heavy atom. The van der Waals surface area contributed by atoms with Crippen molar-refractivity contribution >= 4 is 9.84 Å². The fourth-order valence-electron chi connectivity index (χ4n) is 2.14. The summed E-state index contributed by atoms with van der Waals surface area (Å²) < 4.78 is 33.7. The van der Waals surface area contributed by atoms with Crippen molar-refractivity contribution in [2.24, 2.45) is 5.73 Å². The molecule has 1 aliphatic heterocycles. The van der Waals surface area contributed by atoms with Gasteiger partial charge >= 0.3 is 0 Å². The molecular weight excluding hydrogens is 282 g/mol. The zero-order valence-electron chi connectivity index (χ0n) is 11.4. The van der Waals surface area contributed by atoms with E-state index in [1.165, 1.54) is 7.11 Å². The highest BCUT2D eigenvalue weighted by molar-refractivity contribution is 7.91. The normalized spacial score (nSPS) is 26.2. The summed E-state index contributed by atoms with van der Waals surface area (Å²) in [5.41, 5.74) is 6.68. The molecule has 3 atom stereocenters. The molecule has 6 nitrogen and oxygen atoms in total. The number of rotatable bonds is 4. The van der Waals surface area contributed by atoms with Crippen LogP contribution in [-0.4, -0.2) is 44.3 Å². The Bertz CT molecular complexity index is 584. The number of aliphatic hydroxyl groups is 1. The Morgan fingerprint density at radius 2 is 2.05 bits per heavy atom. The molecule has 20 heavy (non-hydrogen) atoms. The summed E-state index contributed by atoms with van der Waals surface area (Å²) in [5.74, 6) is 0.416.